The first-order valence-electron chi connectivity index (χ1n) is 9.43. The molecule has 0 radical (unpaired) electrons. The van der Waals surface area contributed by atoms with E-state index in [1.165, 1.54) is 19.3 Å². The van der Waals surface area contributed by atoms with E-state index in [-0.39, 0.29) is 11.9 Å². The Hall–Kier alpha value is -1.59. The number of nitrogens with one attached hydrogen (secondary N) is 1. The summed E-state index contributed by atoms with van der Waals surface area (Å²) in [6.07, 6.45) is 5.25. The minimum atomic E-state index is -0.817. The van der Waals surface area contributed by atoms with Gasteiger partial charge in [-0.3, -0.25) is 9.69 Å². The smallest absolute Gasteiger partial charge is 0.239 e. The molecule has 5 heteroatoms. The molecule has 0 spiro atoms. The molecule has 25 heavy (non-hydrogen) atoms. The number of benzene rings is 1. The highest BCUT2D eigenvalue weighted by Crippen LogP contribution is 2.31. The molecule has 1 aliphatic heterocycles. The Labute approximate surface area is 151 Å². The number of carbonyl (C=O) groups excluding carboxylic acids is 1. The molecule has 1 fully saturated rings. The Bertz CT molecular complexity index is 554. The van der Waals surface area contributed by atoms with E-state index in [1.54, 1.807) is 7.11 Å². The van der Waals surface area contributed by atoms with Gasteiger partial charge in [-0.2, -0.15) is 0 Å². The molecule has 2 unspecified atom stereocenters. The van der Waals surface area contributed by atoms with Gasteiger partial charge in [0.1, 0.15) is 5.75 Å². The minimum absolute atomic E-state index is 0.0775. The van der Waals surface area contributed by atoms with Crippen molar-refractivity contribution in [3.05, 3.63) is 29.8 Å². The van der Waals surface area contributed by atoms with Crippen molar-refractivity contribution in [2.24, 2.45) is 5.73 Å². The predicted molar refractivity (Wildman–Crippen MR) is 102 cm³/mol. The summed E-state index contributed by atoms with van der Waals surface area (Å²) in [5, 5.41) is 3.09. The number of rotatable bonds is 8. The molecule has 1 saturated heterocycles. The first-order chi connectivity index (χ1) is 12.0. The molecule has 1 aromatic carbocycles. The first kappa shape index (κ1) is 19.7. The van der Waals surface area contributed by atoms with Crippen LogP contribution in [0.4, 0.5) is 0 Å². The Morgan fingerprint density at radius 2 is 2.00 bits per heavy atom. The number of piperidine rings is 1. The van der Waals surface area contributed by atoms with E-state index in [1.807, 2.05) is 32.0 Å². The number of hydrogen-bond donors (Lipinski definition) is 2. The molecule has 2 atom stereocenters. The molecular formula is C20H33N3O2. The number of ether oxygens (including phenoxy) is 1. The molecule has 0 bridgehead atoms. The Morgan fingerprint density at radius 3 is 2.64 bits per heavy atom. The number of hydrogen-bond acceptors (Lipinski definition) is 4. The van der Waals surface area contributed by atoms with E-state index < -0.39 is 5.54 Å². The van der Waals surface area contributed by atoms with Crippen LogP contribution in [0.2, 0.25) is 0 Å². The highest BCUT2D eigenvalue weighted by atomic mass is 16.5. The van der Waals surface area contributed by atoms with Crippen LogP contribution in [0.3, 0.4) is 0 Å². The molecule has 0 saturated carbocycles. The lowest BCUT2D eigenvalue weighted by Gasteiger charge is -2.36. The Morgan fingerprint density at radius 1 is 1.32 bits per heavy atom. The minimum Gasteiger partial charge on any atom is -0.496 e. The van der Waals surface area contributed by atoms with Gasteiger partial charge in [-0.25, -0.2) is 0 Å². The maximum Gasteiger partial charge on any atom is 0.239 e. The molecule has 5 nitrogen and oxygen atoms in total. The SMILES string of the molecule is CCCC(C)(N)C(=O)NCC(c1ccccc1OC)N1CCCCC1. The van der Waals surface area contributed by atoms with Gasteiger partial charge in [-0.1, -0.05) is 38.0 Å². The lowest BCUT2D eigenvalue weighted by atomic mass is 9.95. The summed E-state index contributed by atoms with van der Waals surface area (Å²) in [6.45, 7) is 6.51. The summed E-state index contributed by atoms with van der Waals surface area (Å²) in [5.41, 5.74) is 6.49. The van der Waals surface area contributed by atoms with E-state index in [9.17, 15) is 4.79 Å². The van der Waals surface area contributed by atoms with E-state index in [0.717, 1.165) is 30.8 Å². The monoisotopic (exact) mass is 347 g/mol. The van der Waals surface area contributed by atoms with Gasteiger partial charge in [0.25, 0.3) is 0 Å². The van der Waals surface area contributed by atoms with Crippen LogP contribution >= 0.6 is 0 Å². The summed E-state index contributed by atoms with van der Waals surface area (Å²) in [4.78, 5) is 15.0. The van der Waals surface area contributed by atoms with Gasteiger partial charge in [0.2, 0.25) is 5.91 Å². The summed E-state index contributed by atoms with van der Waals surface area (Å²) < 4.78 is 5.57. The lowest BCUT2D eigenvalue weighted by Crippen LogP contribution is -2.53. The Kier molecular flexibility index (Phi) is 7.26. The van der Waals surface area contributed by atoms with E-state index in [0.29, 0.717) is 13.0 Å². The van der Waals surface area contributed by atoms with Crippen LogP contribution in [0, 0.1) is 0 Å². The van der Waals surface area contributed by atoms with Crippen molar-refractivity contribution in [1.29, 1.82) is 0 Å². The molecule has 0 aromatic heterocycles. The highest BCUT2D eigenvalue weighted by Gasteiger charge is 2.30. The molecule has 140 valence electrons. The third-order valence-corrected chi connectivity index (χ3v) is 5.07. The van der Waals surface area contributed by atoms with Crippen molar-refractivity contribution >= 4 is 5.91 Å². The maximum absolute atomic E-state index is 12.5. The van der Waals surface area contributed by atoms with Gasteiger partial charge in [-0.15, -0.1) is 0 Å². The molecule has 1 heterocycles. The van der Waals surface area contributed by atoms with Crippen molar-refractivity contribution in [3.63, 3.8) is 0 Å². The zero-order valence-corrected chi connectivity index (χ0v) is 15.9. The largest absolute Gasteiger partial charge is 0.496 e. The average Bonchev–Trinajstić information content (AvgIpc) is 2.63. The number of methoxy groups -OCH3 is 1. The zero-order valence-electron chi connectivity index (χ0n) is 15.9. The summed E-state index contributed by atoms with van der Waals surface area (Å²) in [5.74, 6) is 0.794. The first-order valence-corrected chi connectivity index (χ1v) is 9.43. The van der Waals surface area contributed by atoms with E-state index in [4.69, 9.17) is 10.5 Å². The van der Waals surface area contributed by atoms with Gasteiger partial charge in [-0.05, 0) is 45.3 Å². The quantitative estimate of drug-likeness (QED) is 0.759. The molecule has 2 rings (SSSR count). The maximum atomic E-state index is 12.5. The third-order valence-electron chi connectivity index (χ3n) is 5.07. The standard InChI is InChI=1S/C20H33N3O2/c1-4-12-20(2,21)19(24)22-15-17(23-13-8-5-9-14-23)16-10-6-7-11-18(16)25-3/h6-7,10-11,17H,4-5,8-9,12-15,21H2,1-3H3,(H,22,24). The van der Waals surface area contributed by atoms with Gasteiger partial charge in [0, 0.05) is 12.1 Å². The molecule has 0 aliphatic carbocycles. The molecule has 1 amide bonds. The fourth-order valence-corrected chi connectivity index (χ4v) is 3.63. The second-order valence-corrected chi connectivity index (χ2v) is 7.23. The summed E-state index contributed by atoms with van der Waals surface area (Å²) in [6, 6.07) is 8.20. The molecule has 1 aromatic rings. The van der Waals surface area contributed by atoms with Gasteiger partial charge in [0.05, 0.1) is 18.7 Å². The predicted octanol–water partition coefficient (Wildman–Crippen LogP) is 2.86. The van der Waals surface area contributed by atoms with E-state index in [2.05, 4.69) is 16.3 Å². The fraction of sp³-hybridized carbons (Fsp3) is 0.650. The number of carbonyl (C=O) groups is 1. The molecule has 3 N–H and O–H groups in total. The zero-order chi connectivity index (χ0) is 18.3. The number of amides is 1. The van der Waals surface area contributed by atoms with E-state index >= 15 is 0 Å². The second-order valence-electron chi connectivity index (χ2n) is 7.23. The van der Waals surface area contributed by atoms with Crippen molar-refractivity contribution in [3.8, 4) is 5.75 Å². The van der Waals surface area contributed by atoms with Crippen LogP contribution in [0.1, 0.15) is 57.6 Å². The second kappa shape index (κ2) is 9.20. The van der Waals surface area contributed by atoms with Crippen LogP contribution in [0.5, 0.6) is 5.75 Å². The number of nitrogens with zero attached hydrogens (tertiary/aromatic N) is 1. The van der Waals surface area contributed by atoms with Crippen molar-refractivity contribution in [1.82, 2.24) is 10.2 Å². The number of likely N-dealkylation sites (tertiary alicyclic amines) is 1. The summed E-state index contributed by atoms with van der Waals surface area (Å²) >= 11 is 0. The van der Waals surface area contributed by atoms with Crippen LogP contribution in [0.15, 0.2) is 24.3 Å². The fourth-order valence-electron chi connectivity index (χ4n) is 3.63. The van der Waals surface area contributed by atoms with Crippen molar-refractivity contribution in [2.45, 2.75) is 57.5 Å². The molecule has 1 aliphatic rings. The van der Waals surface area contributed by atoms with Crippen LogP contribution in [0.25, 0.3) is 0 Å². The average molecular weight is 348 g/mol. The van der Waals surface area contributed by atoms with Crippen LogP contribution in [-0.2, 0) is 4.79 Å². The summed E-state index contributed by atoms with van der Waals surface area (Å²) in [7, 11) is 1.70. The van der Waals surface area contributed by atoms with Crippen LogP contribution < -0.4 is 15.8 Å². The van der Waals surface area contributed by atoms with Crippen molar-refractivity contribution < 1.29 is 9.53 Å². The number of nitrogens with two attached hydrogens (primary N) is 1. The van der Waals surface area contributed by atoms with Crippen LogP contribution in [-0.4, -0.2) is 43.1 Å². The number of para-hydroxylation sites is 1. The topological polar surface area (TPSA) is 67.6 Å². The normalized spacial score (nSPS) is 19.0. The highest BCUT2D eigenvalue weighted by molar-refractivity contribution is 5.85. The lowest BCUT2D eigenvalue weighted by molar-refractivity contribution is -0.126. The van der Waals surface area contributed by atoms with Gasteiger partial charge < -0.3 is 15.8 Å². The third kappa shape index (κ3) is 5.19. The van der Waals surface area contributed by atoms with Gasteiger partial charge in [0.15, 0.2) is 0 Å². The van der Waals surface area contributed by atoms with Gasteiger partial charge >= 0.3 is 0 Å². The molecular weight excluding hydrogens is 314 g/mol. The van der Waals surface area contributed by atoms with Crippen molar-refractivity contribution in [2.75, 3.05) is 26.7 Å². The Balaban J connectivity index is 2.16.